The Morgan fingerprint density at radius 2 is 1.85 bits per heavy atom. The normalized spacial score (nSPS) is 18.6. The molecule has 1 saturated heterocycles. The van der Waals surface area contributed by atoms with Gasteiger partial charge in [0.2, 0.25) is 5.91 Å². The summed E-state index contributed by atoms with van der Waals surface area (Å²) in [5.74, 6) is 0.0711. The number of para-hydroxylation sites is 1. The highest BCUT2D eigenvalue weighted by Gasteiger charge is 2.36. The Morgan fingerprint density at radius 3 is 2.64 bits per heavy atom. The van der Waals surface area contributed by atoms with Crippen LogP contribution in [0.5, 0.6) is 0 Å². The molecule has 3 aromatic rings. The molecule has 3 heterocycles. The van der Waals surface area contributed by atoms with Crippen LogP contribution in [-0.4, -0.2) is 42.9 Å². The number of hydrogen-bond acceptors (Lipinski definition) is 5. The number of carbonyl (C=O) groups is 1. The Kier molecular flexibility index (Phi) is 5.78. The van der Waals surface area contributed by atoms with Crippen LogP contribution >= 0.6 is 11.3 Å². The zero-order valence-electron chi connectivity index (χ0n) is 18.6. The Hall–Kier alpha value is -2.65. The smallest absolute Gasteiger partial charge is 0.308 e. The van der Waals surface area contributed by atoms with Gasteiger partial charge in [-0.3, -0.25) is 18.5 Å². The minimum atomic E-state index is -3.77. The molecule has 0 spiro atoms. The van der Waals surface area contributed by atoms with Crippen molar-refractivity contribution in [3.05, 3.63) is 57.7 Å². The second-order valence-electron chi connectivity index (χ2n) is 8.82. The van der Waals surface area contributed by atoms with Crippen molar-refractivity contribution in [2.45, 2.75) is 56.5 Å². The van der Waals surface area contributed by atoms with Crippen LogP contribution in [0.25, 0.3) is 10.2 Å². The van der Waals surface area contributed by atoms with Gasteiger partial charge in [0.15, 0.2) is 0 Å². The number of piperidine rings is 1. The van der Waals surface area contributed by atoms with E-state index >= 15 is 0 Å². The molecule has 1 aromatic heterocycles. The van der Waals surface area contributed by atoms with Crippen LogP contribution in [0.15, 0.2) is 52.2 Å². The van der Waals surface area contributed by atoms with Gasteiger partial charge in [0, 0.05) is 32.1 Å². The van der Waals surface area contributed by atoms with Crippen LogP contribution in [0, 0.1) is 0 Å². The number of fused-ring (bicyclic) bond motifs is 2. The molecule has 2 aromatic carbocycles. The quantitative estimate of drug-likeness (QED) is 0.553. The van der Waals surface area contributed by atoms with Crippen LogP contribution in [0.1, 0.15) is 38.2 Å². The molecule has 1 atom stereocenters. The lowest BCUT2D eigenvalue weighted by atomic mass is 10.1. The average Bonchev–Trinajstić information content (AvgIpc) is 3.32. The summed E-state index contributed by atoms with van der Waals surface area (Å²) < 4.78 is 30.8. The molecule has 0 saturated carbocycles. The van der Waals surface area contributed by atoms with E-state index in [0.29, 0.717) is 28.9 Å². The predicted octanol–water partition coefficient (Wildman–Crippen LogP) is 3.61. The summed E-state index contributed by atoms with van der Waals surface area (Å²) in [6.07, 6.45) is 4.17. The van der Waals surface area contributed by atoms with Gasteiger partial charge in [0.1, 0.15) is 0 Å². The van der Waals surface area contributed by atoms with Crippen LogP contribution in [0.4, 0.5) is 5.69 Å². The van der Waals surface area contributed by atoms with Gasteiger partial charge in [-0.2, -0.15) is 0 Å². The van der Waals surface area contributed by atoms with Crippen molar-refractivity contribution in [3.63, 3.8) is 0 Å². The summed E-state index contributed by atoms with van der Waals surface area (Å²) in [6, 6.07) is 12.2. The van der Waals surface area contributed by atoms with E-state index in [2.05, 4.69) is 0 Å². The molecule has 0 bridgehead atoms. The highest BCUT2D eigenvalue weighted by molar-refractivity contribution is 7.93. The number of thiazole rings is 1. The number of nitrogens with zero attached hydrogens (tertiary/aromatic N) is 3. The molecule has 174 valence electrons. The third kappa shape index (κ3) is 3.97. The number of likely N-dealkylation sites (tertiary alicyclic amines) is 1. The maximum absolute atomic E-state index is 13.5. The maximum atomic E-state index is 13.5. The molecular formula is C24H27N3O4S2. The summed E-state index contributed by atoms with van der Waals surface area (Å²) in [4.78, 5) is 27.1. The number of sulfonamides is 1. The number of rotatable bonds is 5. The van der Waals surface area contributed by atoms with Gasteiger partial charge >= 0.3 is 4.87 Å². The summed E-state index contributed by atoms with van der Waals surface area (Å²) in [6.45, 7) is 3.79. The lowest BCUT2D eigenvalue weighted by Crippen LogP contribution is -2.36. The van der Waals surface area contributed by atoms with Crippen LogP contribution < -0.4 is 9.18 Å². The summed E-state index contributed by atoms with van der Waals surface area (Å²) >= 11 is 1.02. The number of amides is 1. The van der Waals surface area contributed by atoms with Crippen LogP contribution in [0.2, 0.25) is 0 Å². The molecule has 9 heteroatoms. The van der Waals surface area contributed by atoms with Crippen LogP contribution in [-0.2, 0) is 27.8 Å². The fraction of sp³-hybridized carbons (Fsp3) is 0.417. The number of hydrogen-bond donors (Lipinski definition) is 0. The Balaban J connectivity index is 1.42. The number of carbonyl (C=O) groups excluding carboxylic acids is 1. The van der Waals surface area contributed by atoms with Crippen LogP contribution in [0.3, 0.4) is 0 Å². The van der Waals surface area contributed by atoms with Crippen molar-refractivity contribution in [2.75, 3.05) is 17.4 Å². The molecule has 0 aliphatic carbocycles. The van der Waals surface area contributed by atoms with E-state index in [1.807, 2.05) is 36.1 Å². The minimum Gasteiger partial charge on any atom is -0.343 e. The Labute approximate surface area is 197 Å². The second-order valence-corrected chi connectivity index (χ2v) is 11.6. The van der Waals surface area contributed by atoms with Gasteiger partial charge in [-0.15, -0.1) is 0 Å². The lowest BCUT2D eigenvalue weighted by molar-refractivity contribution is -0.132. The van der Waals surface area contributed by atoms with Crippen molar-refractivity contribution in [2.24, 2.45) is 0 Å². The highest BCUT2D eigenvalue weighted by Crippen LogP contribution is 2.37. The molecule has 1 amide bonds. The van der Waals surface area contributed by atoms with Crippen molar-refractivity contribution in [1.82, 2.24) is 9.47 Å². The lowest BCUT2D eigenvalue weighted by Gasteiger charge is -2.26. The first-order chi connectivity index (χ1) is 15.9. The number of aromatic nitrogens is 1. The minimum absolute atomic E-state index is 0.0711. The fourth-order valence-corrected chi connectivity index (χ4v) is 7.70. The SMILES string of the molecule is C[C@H]1Cc2ccccc2N1S(=O)(=O)c1ccc2c(c1)sc(=O)n2CCC(=O)N1CCCCC1. The molecule has 5 rings (SSSR count). The largest absolute Gasteiger partial charge is 0.343 e. The summed E-state index contributed by atoms with van der Waals surface area (Å²) in [5.41, 5.74) is 2.40. The van der Waals surface area contributed by atoms with E-state index in [9.17, 15) is 18.0 Å². The Bertz CT molecular complexity index is 1370. The third-order valence-electron chi connectivity index (χ3n) is 6.60. The van der Waals surface area contributed by atoms with Gasteiger partial charge in [-0.25, -0.2) is 8.42 Å². The third-order valence-corrected chi connectivity index (χ3v) is 9.47. The first kappa shape index (κ1) is 22.2. The Morgan fingerprint density at radius 1 is 1.09 bits per heavy atom. The number of aryl methyl sites for hydroxylation is 1. The van der Waals surface area contributed by atoms with E-state index in [1.165, 1.54) is 4.31 Å². The van der Waals surface area contributed by atoms with E-state index in [-0.39, 0.29) is 28.1 Å². The second kappa shape index (κ2) is 8.61. The molecule has 0 radical (unpaired) electrons. The van der Waals surface area contributed by atoms with E-state index in [0.717, 1.165) is 49.3 Å². The highest BCUT2D eigenvalue weighted by atomic mass is 32.2. The zero-order chi connectivity index (χ0) is 23.2. The molecule has 33 heavy (non-hydrogen) atoms. The fourth-order valence-electron chi connectivity index (χ4n) is 4.94. The predicted molar refractivity (Wildman–Crippen MR) is 130 cm³/mol. The van der Waals surface area contributed by atoms with Gasteiger partial charge in [0.05, 0.1) is 20.8 Å². The van der Waals surface area contributed by atoms with Gasteiger partial charge < -0.3 is 4.90 Å². The molecule has 0 unspecified atom stereocenters. The zero-order valence-corrected chi connectivity index (χ0v) is 20.2. The number of anilines is 1. The van der Waals surface area contributed by atoms with Crippen molar-refractivity contribution < 1.29 is 13.2 Å². The van der Waals surface area contributed by atoms with Gasteiger partial charge in [-0.05, 0) is 62.4 Å². The van der Waals surface area contributed by atoms with Gasteiger partial charge in [0.25, 0.3) is 10.0 Å². The average molecular weight is 486 g/mol. The van der Waals surface area contributed by atoms with E-state index in [1.54, 1.807) is 22.8 Å². The maximum Gasteiger partial charge on any atom is 0.308 e. The first-order valence-electron chi connectivity index (χ1n) is 11.4. The van der Waals surface area contributed by atoms with E-state index < -0.39 is 10.0 Å². The standard InChI is InChI=1S/C24H27N3O4S2/c1-17-15-18-7-3-4-8-20(18)27(17)33(30,31)19-9-10-21-22(16-19)32-24(29)26(21)14-11-23(28)25-12-5-2-6-13-25/h3-4,7-10,16-17H,2,5-6,11-15H2,1H3/t17-/m0/s1. The monoisotopic (exact) mass is 485 g/mol. The molecule has 1 fully saturated rings. The van der Waals surface area contributed by atoms with Gasteiger partial charge in [-0.1, -0.05) is 29.5 Å². The molecule has 7 nitrogen and oxygen atoms in total. The topological polar surface area (TPSA) is 79.7 Å². The molecule has 2 aliphatic rings. The first-order valence-corrected chi connectivity index (χ1v) is 13.7. The summed E-state index contributed by atoms with van der Waals surface area (Å²) in [7, 11) is -3.77. The number of benzene rings is 2. The van der Waals surface area contributed by atoms with E-state index in [4.69, 9.17) is 0 Å². The molecule has 0 N–H and O–H groups in total. The van der Waals surface area contributed by atoms with Crippen molar-refractivity contribution in [1.29, 1.82) is 0 Å². The molecule has 2 aliphatic heterocycles. The molecular weight excluding hydrogens is 458 g/mol. The van der Waals surface area contributed by atoms with Crippen molar-refractivity contribution >= 4 is 43.2 Å². The van der Waals surface area contributed by atoms with Crippen molar-refractivity contribution in [3.8, 4) is 0 Å². The summed E-state index contributed by atoms with van der Waals surface area (Å²) in [5, 5.41) is 0.